The van der Waals surface area contributed by atoms with Gasteiger partial charge in [0.1, 0.15) is 5.82 Å². The van der Waals surface area contributed by atoms with Gasteiger partial charge in [0, 0.05) is 45.0 Å². The van der Waals surface area contributed by atoms with Gasteiger partial charge < -0.3 is 15.2 Å². The van der Waals surface area contributed by atoms with Gasteiger partial charge in [-0.1, -0.05) is 0 Å². The zero-order valence-electron chi connectivity index (χ0n) is 10.3. The third kappa shape index (κ3) is 2.62. The molecule has 1 aromatic rings. The largest absolute Gasteiger partial charge is 0.338 e. The van der Waals surface area contributed by atoms with Gasteiger partial charge >= 0.3 is 0 Å². The summed E-state index contributed by atoms with van der Waals surface area (Å²) in [7, 11) is 4.22. The number of hydrogen-bond acceptors (Lipinski definition) is 3. The van der Waals surface area contributed by atoms with Crippen LogP contribution in [0.25, 0.3) is 0 Å². The molecule has 4 nitrogen and oxygen atoms in total. The van der Waals surface area contributed by atoms with Crippen molar-refractivity contribution in [2.45, 2.75) is 25.3 Å². The van der Waals surface area contributed by atoms with E-state index in [1.165, 1.54) is 12.8 Å². The monoisotopic (exact) mass is 222 g/mol. The predicted octanol–water partition coefficient (Wildman–Crippen LogP) is 0.632. The molecule has 0 saturated heterocycles. The highest BCUT2D eigenvalue weighted by molar-refractivity contribution is 4.93. The fraction of sp³-hybridized carbons (Fsp3) is 0.750. The number of imidazole rings is 1. The highest BCUT2D eigenvalue weighted by Crippen LogP contribution is 2.34. The van der Waals surface area contributed by atoms with Crippen LogP contribution in [0.4, 0.5) is 0 Å². The third-order valence-corrected chi connectivity index (χ3v) is 3.58. The van der Waals surface area contributed by atoms with E-state index in [2.05, 4.69) is 21.5 Å². The van der Waals surface area contributed by atoms with Crippen molar-refractivity contribution in [3.63, 3.8) is 0 Å². The fourth-order valence-electron chi connectivity index (χ4n) is 2.29. The third-order valence-electron chi connectivity index (χ3n) is 3.58. The molecule has 1 atom stereocenters. The molecule has 0 spiro atoms. The summed E-state index contributed by atoms with van der Waals surface area (Å²) in [6.07, 6.45) is 7.57. The van der Waals surface area contributed by atoms with Crippen LogP contribution >= 0.6 is 0 Å². The molecule has 1 saturated carbocycles. The zero-order valence-corrected chi connectivity index (χ0v) is 10.3. The van der Waals surface area contributed by atoms with E-state index in [1.807, 2.05) is 19.4 Å². The molecule has 0 bridgehead atoms. The molecule has 0 amide bonds. The van der Waals surface area contributed by atoms with Crippen molar-refractivity contribution in [2.24, 2.45) is 18.7 Å². The lowest BCUT2D eigenvalue weighted by Gasteiger charge is -2.26. The van der Waals surface area contributed by atoms with Gasteiger partial charge in [-0.05, 0) is 25.8 Å². The Balaban J connectivity index is 1.82. The number of nitrogens with zero attached hydrogens (tertiary/aromatic N) is 3. The summed E-state index contributed by atoms with van der Waals surface area (Å²) in [4.78, 5) is 6.73. The van der Waals surface area contributed by atoms with Crippen LogP contribution in [0.15, 0.2) is 12.4 Å². The smallest absolute Gasteiger partial charge is 0.109 e. The van der Waals surface area contributed by atoms with Gasteiger partial charge in [0.05, 0.1) is 0 Å². The molecule has 1 aliphatic rings. The Morgan fingerprint density at radius 3 is 2.88 bits per heavy atom. The van der Waals surface area contributed by atoms with Gasteiger partial charge in [-0.3, -0.25) is 0 Å². The Morgan fingerprint density at radius 1 is 1.62 bits per heavy atom. The van der Waals surface area contributed by atoms with Crippen molar-refractivity contribution in [2.75, 3.05) is 20.1 Å². The van der Waals surface area contributed by atoms with E-state index in [-0.39, 0.29) is 0 Å². The van der Waals surface area contributed by atoms with E-state index < -0.39 is 0 Å². The van der Waals surface area contributed by atoms with Crippen molar-refractivity contribution in [1.82, 2.24) is 14.5 Å². The minimum absolute atomic E-state index is 0.570. The van der Waals surface area contributed by atoms with Crippen LogP contribution in [0.5, 0.6) is 0 Å². The average molecular weight is 222 g/mol. The van der Waals surface area contributed by atoms with Crippen LogP contribution in [-0.4, -0.2) is 40.6 Å². The topological polar surface area (TPSA) is 47.1 Å². The van der Waals surface area contributed by atoms with Gasteiger partial charge in [0.2, 0.25) is 0 Å². The number of hydrogen-bond donors (Lipinski definition) is 1. The van der Waals surface area contributed by atoms with Gasteiger partial charge in [-0.15, -0.1) is 0 Å². The molecule has 4 heteroatoms. The van der Waals surface area contributed by atoms with E-state index in [4.69, 9.17) is 5.73 Å². The minimum atomic E-state index is 0.570. The second kappa shape index (κ2) is 4.97. The summed E-state index contributed by atoms with van der Waals surface area (Å²) in [5.74, 6) is 2.00. The predicted molar refractivity (Wildman–Crippen MR) is 65.1 cm³/mol. The quantitative estimate of drug-likeness (QED) is 0.768. The van der Waals surface area contributed by atoms with E-state index in [0.717, 1.165) is 31.3 Å². The lowest BCUT2D eigenvalue weighted by atomic mass is 10.1. The molecular formula is C12H22N4. The lowest BCUT2D eigenvalue weighted by molar-refractivity contribution is 0.224. The molecule has 90 valence electrons. The highest BCUT2D eigenvalue weighted by Gasteiger charge is 2.32. The molecule has 0 aromatic carbocycles. The Labute approximate surface area is 97.4 Å². The average Bonchev–Trinajstić information content (AvgIpc) is 3.01. The Hall–Kier alpha value is -0.870. The SMILES string of the molecule is CN(CCc1nccn1C)C(CN)C1CC1. The van der Waals surface area contributed by atoms with E-state index >= 15 is 0 Å². The second-order valence-electron chi connectivity index (χ2n) is 4.83. The molecule has 1 aromatic heterocycles. The van der Waals surface area contributed by atoms with Gasteiger partial charge in [-0.2, -0.15) is 0 Å². The summed E-state index contributed by atoms with van der Waals surface area (Å²) in [5, 5.41) is 0. The van der Waals surface area contributed by atoms with Crippen LogP contribution in [0.1, 0.15) is 18.7 Å². The van der Waals surface area contributed by atoms with E-state index in [0.29, 0.717) is 6.04 Å². The Bertz CT molecular complexity index is 330. The van der Waals surface area contributed by atoms with Crippen molar-refractivity contribution < 1.29 is 0 Å². The molecule has 0 aliphatic heterocycles. The first-order chi connectivity index (χ1) is 7.72. The summed E-state index contributed by atoms with van der Waals surface area (Å²) in [6.45, 7) is 1.82. The highest BCUT2D eigenvalue weighted by atomic mass is 15.2. The van der Waals surface area contributed by atoms with Crippen LogP contribution in [-0.2, 0) is 13.5 Å². The standard InChI is InChI=1S/C12H22N4/c1-15(11(9-13)10-3-4-10)7-5-12-14-6-8-16(12)2/h6,8,10-11H,3-5,7,9,13H2,1-2H3. The van der Waals surface area contributed by atoms with Crippen molar-refractivity contribution in [3.05, 3.63) is 18.2 Å². The fourth-order valence-corrected chi connectivity index (χ4v) is 2.29. The first-order valence-electron chi connectivity index (χ1n) is 6.09. The van der Waals surface area contributed by atoms with Crippen LogP contribution in [0.2, 0.25) is 0 Å². The van der Waals surface area contributed by atoms with Crippen molar-refractivity contribution >= 4 is 0 Å². The van der Waals surface area contributed by atoms with Crippen LogP contribution < -0.4 is 5.73 Å². The Kier molecular flexibility index (Phi) is 3.61. The summed E-state index contributed by atoms with van der Waals surface area (Å²) < 4.78 is 2.09. The maximum absolute atomic E-state index is 5.83. The second-order valence-corrected chi connectivity index (χ2v) is 4.83. The molecular weight excluding hydrogens is 200 g/mol. The van der Waals surface area contributed by atoms with Crippen molar-refractivity contribution in [1.29, 1.82) is 0 Å². The molecule has 1 aliphatic carbocycles. The van der Waals surface area contributed by atoms with Gasteiger partial charge in [-0.25, -0.2) is 4.98 Å². The molecule has 1 fully saturated rings. The van der Waals surface area contributed by atoms with E-state index in [9.17, 15) is 0 Å². The molecule has 2 N–H and O–H groups in total. The maximum Gasteiger partial charge on any atom is 0.109 e. The zero-order chi connectivity index (χ0) is 11.5. The lowest BCUT2D eigenvalue weighted by Crippen LogP contribution is -2.40. The summed E-state index contributed by atoms with van der Waals surface area (Å²) in [6, 6.07) is 0.570. The maximum atomic E-state index is 5.83. The minimum Gasteiger partial charge on any atom is -0.338 e. The van der Waals surface area contributed by atoms with Crippen LogP contribution in [0.3, 0.4) is 0 Å². The normalized spacial score (nSPS) is 18.0. The first kappa shape index (κ1) is 11.6. The van der Waals surface area contributed by atoms with Gasteiger partial charge in [0.15, 0.2) is 0 Å². The van der Waals surface area contributed by atoms with Crippen LogP contribution in [0, 0.1) is 5.92 Å². The number of rotatable bonds is 6. The summed E-state index contributed by atoms with van der Waals surface area (Å²) >= 11 is 0. The Morgan fingerprint density at radius 2 is 2.38 bits per heavy atom. The molecule has 1 heterocycles. The van der Waals surface area contributed by atoms with E-state index in [1.54, 1.807) is 0 Å². The number of aryl methyl sites for hydroxylation is 1. The molecule has 1 unspecified atom stereocenters. The molecule has 2 rings (SSSR count). The van der Waals surface area contributed by atoms with Gasteiger partial charge in [0.25, 0.3) is 0 Å². The number of likely N-dealkylation sites (N-methyl/N-ethyl adjacent to an activating group) is 1. The number of nitrogens with two attached hydrogens (primary N) is 1. The molecule has 16 heavy (non-hydrogen) atoms. The molecule has 0 radical (unpaired) electrons. The van der Waals surface area contributed by atoms with Crippen molar-refractivity contribution in [3.8, 4) is 0 Å². The first-order valence-corrected chi connectivity index (χ1v) is 6.09. The number of aromatic nitrogens is 2. The summed E-state index contributed by atoms with van der Waals surface area (Å²) in [5.41, 5.74) is 5.83.